The van der Waals surface area contributed by atoms with E-state index in [2.05, 4.69) is 44.2 Å². The van der Waals surface area contributed by atoms with Gasteiger partial charge in [-0.3, -0.25) is 0 Å². The van der Waals surface area contributed by atoms with E-state index in [1.54, 1.807) is 6.07 Å². The molecule has 0 spiro atoms. The van der Waals surface area contributed by atoms with Crippen LogP contribution < -0.4 is 0 Å². The summed E-state index contributed by atoms with van der Waals surface area (Å²) in [7, 11) is 0. The Balaban J connectivity index is 1.47. The molecule has 0 aliphatic heterocycles. The molecule has 2 aromatic carbocycles. The predicted octanol–water partition coefficient (Wildman–Crippen LogP) is 7.71. The number of hydrogen-bond donors (Lipinski definition) is 0. The molecule has 0 bridgehead atoms. The summed E-state index contributed by atoms with van der Waals surface area (Å²) in [5, 5.41) is 0. The molecule has 0 aromatic heterocycles. The monoisotopic (exact) mass is 380 g/mol. The van der Waals surface area contributed by atoms with Crippen molar-refractivity contribution < 1.29 is 4.39 Å². The van der Waals surface area contributed by atoms with Crippen LogP contribution in [-0.2, 0) is 25.7 Å². The van der Waals surface area contributed by atoms with Crippen molar-refractivity contribution in [1.29, 1.82) is 0 Å². The quantitative estimate of drug-likeness (QED) is 0.418. The van der Waals surface area contributed by atoms with Crippen molar-refractivity contribution in [2.75, 3.05) is 0 Å². The van der Waals surface area contributed by atoms with E-state index in [0.29, 0.717) is 0 Å². The number of halogens is 1. The van der Waals surface area contributed by atoms with E-state index in [1.165, 1.54) is 49.7 Å². The molecule has 2 aromatic rings. The lowest BCUT2D eigenvalue weighted by molar-refractivity contribution is 0.258. The van der Waals surface area contributed by atoms with Gasteiger partial charge in [0.2, 0.25) is 0 Å². The Kier molecular flexibility index (Phi) is 8.13. The zero-order valence-electron chi connectivity index (χ0n) is 17.9. The lowest BCUT2D eigenvalue weighted by atomic mass is 9.78. The van der Waals surface area contributed by atoms with E-state index in [9.17, 15) is 4.39 Å². The van der Waals surface area contributed by atoms with Crippen molar-refractivity contribution in [2.24, 2.45) is 11.8 Å². The third kappa shape index (κ3) is 6.19. The highest BCUT2D eigenvalue weighted by Crippen LogP contribution is 2.33. The molecule has 0 amide bonds. The second-order valence-electron chi connectivity index (χ2n) is 8.83. The predicted molar refractivity (Wildman–Crippen MR) is 118 cm³/mol. The molecule has 0 atom stereocenters. The molecule has 3 rings (SSSR count). The fourth-order valence-electron chi connectivity index (χ4n) is 4.69. The number of benzene rings is 2. The van der Waals surface area contributed by atoms with Crippen LogP contribution in [-0.4, -0.2) is 0 Å². The molecular formula is C27H37F. The van der Waals surface area contributed by atoms with Crippen LogP contribution in [0.25, 0.3) is 0 Å². The van der Waals surface area contributed by atoms with Gasteiger partial charge in [-0.2, -0.15) is 0 Å². The van der Waals surface area contributed by atoms with Gasteiger partial charge in [0.05, 0.1) is 0 Å². The summed E-state index contributed by atoms with van der Waals surface area (Å²) in [5.74, 6) is 1.74. The molecule has 152 valence electrons. The number of aryl methyl sites for hydroxylation is 4. The summed E-state index contributed by atoms with van der Waals surface area (Å²) in [6.45, 7) is 4.52. The van der Waals surface area contributed by atoms with Crippen molar-refractivity contribution in [3.63, 3.8) is 0 Å². The molecule has 0 saturated heterocycles. The van der Waals surface area contributed by atoms with E-state index in [0.717, 1.165) is 55.1 Å². The number of hydrogen-bond acceptors (Lipinski definition) is 0. The highest BCUT2D eigenvalue weighted by molar-refractivity contribution is 5.27. The minimum absolute atomic E-state index is 0.00182. The van der Waals surface area contributed by atoms with Gasteiger partial charge < -0.3 is 0 Å². The van der Waals surface area contributed by atoms with Crippen LogP contribution in [0.4, 0.5) is 4.39 Å². The normalized spacial score (nSPS) is 19.7. The Morgan fingerprint density at radius 3 is 1.89 bits per heavy atom. The van der Waals surface area contributed by atoms with Crippen LogP contribution in [0.15, 0.2) is 42.5 Å². The third-order valence-corrected chi connectivity index (χ3v) is 6.75. The topological polar surface area (TPSA) is 0 Å². The maximum Gasteiger partial charge on any atom is 0.126 e. The fourth-order valence-corrected chi connectivity index (χ4v) is 4.69. The molecule has 0 N–H and O–H groups in total. The van der Waals surface area contributed by atoms with E-state index < -0.39 is 0 Å². The van der Waals surface area contributed by atoms with Crippen LogP contribution in [0.3, 0.4) is 0 Å². The van der Waals surface area contributed by atoms with Gasteiger partial charge in [0.1, 0.15) is 5.82 Å². The maximum atomic E-state index is 14.6. The highest BCUT2D eigenvalue weighted by atomic mass is 19.1. The van der Waals surface area contributed by atoms with Crippen LogP contribution in [0.1, 0.15) is 81.0 Å². The minimum atomic E-state index is -0.00182. The van der Waals surface area contributed by atoms with Gasteiger partial charge in [-0.15, -0.1) is 0 Å². The third-order valence-electron chi connectivity index (χ3n) is 6.75. The highest BCUT2D eigenvalue weighted by Gasteiger charge is 2.20. The number of rotatable bonds is 9. The molecule has 1 saturated carbocycles. The Morgan fingerprint density at radius 2 is 1.29 bits per heavy atom. The molecule has 1 aliphatic carbocycles. The summed E-state index contributed by atoms with van der Waals surface area (Å²) in [6.07, 6.45) is 13.0. The lowest BCUT2D eigenvalue weighted by Gasteiger charge is -2.27. The van der Waals surface area contributed by atoms with Gasteiger partial charge in [-0.25, -0.2) is 4.39 Å². The van der Waals surface area contributed by atoms with Gasteiger partial charge in [0.15, 0.2) is 0 Å². The van der Waals surface area contributed by atoms with Crippen molar-refractivity contribution in [1.82, 2.24) is 0 Å². The molecular weight excluding hydrogens is 343 g/mol. The molecule has 28 heavy (non-hydrogen) atoms. The van der Waals surface area contributed by atoms with Crippen LogP contribution >= 0.6 is 0 Å². The average molecular weight is 381 g/mol. The summed E-state index contributed by atoms with van der Waals surface area (Å²) >= 11 is 0. The van der Waals surface area contributed by atoms with Gasteiger partial charge in [0.25, 0.3) is 0 Å². The fraction of sp³-hybridized carbons (Fsp3) is 0.556. The van der Waals surface area contributed by atoms with Gasteiger partial charge >= 0.3 is 0 Å². The molecule has 0 unspecified atom stereocenters. The summed E-state index contributed by atoms with van der Waals surface area (Å²) in [4.78, 5) is 0. The molecule has 0 nitrogen and oxygen atoms in total. The Hall–Kier alpha value is -1.63. The molecule has 1 aliphatic rings. The first-order chi connectivity index (χ1) is 13.7. The molecule has 1 heteroatoms. The van der Waals surface area contributed by atoms with Gasteiger partial charge in [0, 0.05) is 0 Å². The van der Waals surface area contributed by atoms with Crippen LogP contribution in [0, 0.1) is 17.7 Å². The first-order valence-electron chi connectivity index (χ1n) is 11.5. The average Bonchev–Trinajstić information content (AvgIpc) is 2.73. The second kappa shape index (κ2) is 10.8. The summed E-state index contributed by atoms with van der Waals surface area (Å²) in [6, 6.07) is 14.9. The van der Waals surface area contributed by atoms with E-state index in [1.807, 2.05) is 6.07 Å². The van der Waals surface area contributed by atoms with Crippen molar-refractivity contribution in [3.05, 3.63) is 70.5 Å². The maximum absolute atomic E-state index is 14.6. The standard InChI is InChI=1S/C27H37F/c1-3-5-22-10-12-23(13-11-22)14-15-25-17-19-26(27(28)20-25)18-16-24-8-6-21(4-2)7-9-24/h10-13,17,19-21,24H,3-9,14-16,18H2,1-2H3. The lowest BCUT2D eigenvalue weighted by Crippen LogP contribution is -2.14. The van der Waals surface area contributed by atoms with Crippen molar-refractivity contribution >= 4 is 0 Å². The molecule has 0 heterocycles. The largest absolute Gasteiger partial charge is 0.207 e. The van der Waals surface area contributed by atoms with E-state index in [4.69, 9.17) is 0 Å². The van der Waals surface area contributed by atoms with Crippen LogP contribution in [0.2, 0.25) is 0 Å². The Bertz CT molecular complexity index is 708. The summed E-state index contributed by atoms with van der Waals surface area (Å²) < 4.78 is 14.6. The van der Waals surface area contributed by atoms with Crippen molar-refractivity contribution in [2.45, 2.75) is 84.5 Å². The minimum Gasteiger partial charge on any atom is -0.207 e. The van der Waals surface area contributed by atoms with Gasteiger partial charge in [-0.1, -0.05) is 88.8 Å². The Morgan fingerprint density at radius 1 is 0.714 bits per heavy atom. The smallest absolute Gasteiger partial charge is 0.126 e. The van der Waals surface area contributed by atoms with Gasteiger partial charge in [-0.05, 0) is 72.3 Å². The zero-order chi connectivity index (χ0) is 19.8. The SMILES string of the molecule is CCCc1ccc(CCc2ccc(CCC3CCC(CC)CC3)c(F)c2)cc1. The first kappa shape index (κ1) is 21.1. The summed E-state index contributed by atoms with van der Waals surface area (Å²) in [5.41, 5.74) is 4.77. The molecule has 0 radical (unpaired) electrons. The van der Waals surface area contributed by atoms with E-state index >= 15 is 0 Å². The van der Waals surface area contributed by atoms with Crippen molar-refractivity contribution in [3.8, 4) is 0 Å². The second-order valence-corrected chi connectivity index (χ2v) is 8.83. The Labute approximate surface area is 171 Å². The van der Waals surface area contributed by atoms with Crippen LogP contribution in [0.5, 0.6) is 0 Å². The van der Waals surface area contributed by atoms with E-state index in [-0.39, 0.29) is 5.82 Å². The molecule has 1 fully saturated rings. The first-order valence-corrected chi connectivity index (χ1v) is 11.5. The zero-order valence-corrected chi connectivity index (χ0v) is 17.9.